The van der Waals surface area contributed by atoms with Gasteiger partial charge in [0.2, 0.25) is 5.91 Å². The maximum absolute atomic E-state index is 12.3. The van der Waals surface area contributed by atoms with Crippen LogP contribution in [0.1, 0.15) is 4.88 Å². The van der Waals surface area contributed by atoms with Gasteiger partial charge in [0.25, 0.3) is 0 Å². The molecule has 0 saturated carbocycles. The Morgan fingerprint density at radius 1 is 1.37 bits per heavy atom. The lowest BCUT2D eigenvalue weighted by molar-refractivity contribution is -0.113. The van der Waals surface area contributed by atoms with E-state index >= 15 is 0 Å². The molecule has 0 spiro atoms. The van der Waals surface area contributed by atoms with Crippen LogP contribution in [0.25, 0.3) is 11.4 Å². The van der Waals surface area contributed by atoms with Crippen LogP contribution < -0.4 is 10.1 Å². The van der Waals surface area contributed by atoms with Crippen molar-refractivity contribution in [3.63, 3.8) is 0 Å². The molecule has 0 aliphatic carbocycles. The lowest BCUT2D eigenvalue weighted by Crippen LogP contribution is -2.14. The largest absolute Gasteiger partial charge is 0.497 e. The number of allylic oxidation sites excluding steroid dienone is 1. The van der Waals surface area contributed by atoms with Gasteiger partial charge in [0.1, 0.15) is 5.75 Å². The van der Waals surface area contributed by atoms with Crippen LogP contribution in [0.15, 0.2) is 53.5 Å². The van der Waals surface area contributed by atoms with Crippen LogP contribution in [0.4, 0.5) is 5.69 Å². The van der Waals surface area contributed by atoms with Gasteiger partial charge in [-0.05, 0) is 37.3 Å². The van der Waals surface area contributed by atoms with Crippen molar-refractivity contribution in [2.45, 2.75) is 18.6 Å². The fourth-order valence-electron chi connectivity index (χ4n) is 2.46. The number of methoxy groups -OCH3 is 1. The predicted molar refractivity (Wildman–Crippen MR) is 111 cm³/mol. The number of thiophene rings is 1. The quantitative estimate of drug-likeness (QED) is 0.452. The summed E-state index contributed by atoms with van der Waals surface area (Å²) >= 11 is 3.02. The first kappa shape index (κ1) is 19.2. The lowest BCUT2D eigenvalue weighted by Gasteiger charge is -2.08. The zero-order chi connectivity index (χ0) is 19.2. The van der Waals surface area contributed by atoms with Gasteiger partial charge in [-0.15, -0.1) is 28.1 Å². The zero-order valence-electron chi connectivity index (χ0n) is 15.1. The number of hydrogen-bond donors (Lipinski definition) is 1. The van der Waals surface area contributed by atoms with E-state index in [4.69, 9.17) is 4.74 Å². The van der Waals surface area contributed by atoms with Crippen LogP contribution in [-0.2, 0) is 11.3 Å². The smallest absolute Gasteiger partial charge is 0.234 e. The molecule has 8 heteroatoms. The highest BCUT2D eigenvalue weighted by Crippen LogP contribution is 2.27. The van der Waals surface area contributed by atoms with Crippen molar-refractivity contribution < 1.29 is 9.53 Å². The molecule has 27 heavy (non-hydrogen) atoms. The monoisotopic (exact) mass is 400 g/mol. The summed E-state index contributed by atoms with van der Waals surface area (Å²) in [6.45, 7) is 6.45. The molecular weight excluding hydrogens is 380 g/mol. The number of hydrogen-bond acceptors (Lipinski definition) is 6. The summed E-state index contributed by atoms with van der Waals surface area (Å²) in [5.74, 6) is 1.67. The summed E-state index contributed by atoms with van der Waals surface area (Å²) in [6.07, 6.45) is 1.80. The molecule has 0 atom stereocenters. The van der Waals surface area contributed by atoms with Gasteiger partial charge in [0.05, 0.1) is 12.9 Å². The van der Waals surface area contributed by atoms with E-state index < -0.39 is 0 Å². The van der Waals surface area contributed by atoms with E-state index in [1.807, 2.05) is 4.57 Å². The van der Waals surface area contributed by atoms with Crippen molar-refractivity contribution in [1.29, 1.82) is 0 Å². The lowest BCUT2D eigenvalue weighted by atomic mass is 10.3. The number of aromatic nitrogens is 3. The van der Waals surface area contributed by atoms with E-state index in [1.165, 1.54) is 16.6 Å². The normalized spacial score (nSPS) is 10.6. The fraction of sp³-hybridized carbons (Fsp3) is 0.211. The number of aryl methyl sites for hydroxylation is 1. The molecule has 0 bridgehead atoms. The van der Waals surface area contributed by atoms with Gasteiger partial charge in [0.15, 0.2) is 11.0 Å². The number of carbonyl (C=O) groups excluding carboxylic acids is 1. The number of benzene rings is 1. The predicted octanol–water partition coefficient (Wildman–Crippen LogP) is 4.24. The summed E-state index contributed by atoms with van der Waals surface area (Å²) in [5, 5.41) is 14.2. The summed E-state index contributed by atoms with van der Waals surface area (Å²) in [5.41, 5.74) is 1.75. The molecule has 0 radical (unpaired) electrons. The first-order valence-corrected chi connectivity index (χ1v) is 10.1. The van der Waals surface area contributed by atoms with Crippen LogP contribution >= 0.6 is 23.1 Å². The van der Waals surface area contributed by atoms with Crippen LogP contribution in [0.5, 0.6) is 5.75 Å². The third-order valence-electron chi connectivity index (χ3n) is 3.72. The second-order valence-electron chi connectivity index (χ2n) is 5.72. The molecule has 0 saturated heterocycles. The Morgan fingerprint density at radius 3 is 2.78 bits per heavy atom. The Hall–Kier alpha value is -2.58. The van der Waals surface area contributed by atoms with Gasteiger partial charge in [-0.2, -0.15) is 0 Å². The van der Waals surface area contributed by atoms with E-state index in [1.54, 1.807) is 48.8 Å². The van der Waals surface area contributed by atoms with Gasteiger partial charge in [-0.25, -0.2) is 0 Å². The molecule has 0 aliphatic rings. The van der Waals surface area contributed by atoms with E-state index in [9.17, 15) is 4.79 Å². The Bertz CT molecular complexity index is 932. The van der Waals surface area contributed by atoms with Crippen molar-refractivity contribution in [1.82, 2.24) is 14.8 Å². The van der Waals surface area contributed by atoms with E-state index in [0.717, 1.165) is 22.8 Å². The Balaban J connectivity index is 1.67. The molecule has 1 N–H and O–H groups in total. The number of nitrogens with one attached hydrogen (secondary N) is 1. The van der Waals surface area contributed by atoms with Gasteiger partial charge in [-0.3, -0.25) is 9.36 Å². The summed E-state index contributed by atoms with van der Waals surface area (Å²) in [6, 6.07) is 9.30. The number of anilines is 1. The average Bonchev–Trinajstić information content (AvgIpc) is 3.27. The van der Waals surface area contributed by atoms with E-state index in [2.05, 4.69) is 40.5 Å². The maximum Gasteiger partial charge on any atom is 0.234 e. The molecule has 3 rings (SSSR count). The second-order valence-corrected chi connectivity index (χ2v) is 7.77. The number of amides is 1. The van der Waals surface area contributed by atoms with Crippen molar-refractivity contribution in [3.8, 4) is 17.1 Å². The molecule has 3 aromatic rings. The van der Waals surface area contributed by atoms with Crippen LogP contribution in [-0.4, -0.2) is 33.5 Å². The third-order valence-corrected chi connectivity index (χ3v) is 5.55. The SMILES string of the molecule is C=CCn1c(SCC(=O)Nc2ccc(OC)cc2)nnc1-c1csc(C)c1. The molecule has 0 unspecified atom stereocenters. The second kappa shape index (κ2) is 8.88. The molecule has 140 valence electrons. The minimum Gasteiger partial charge on any atom is -0.497 e. The number of carbonyl (C=O) groups is 1. The van der Waals surface area contributed by atoms with Crippen molar-refractivity contribution in [2.24, 2.45) is 0 Å². The molecule has 1 amide bonds. The molecule has 2 aromatic heterocycles. The highest BCUT2D eigenvalue weighted by atomic mass is 32.2. The van der Waals surface area contributed by atoms with Gasteiger partial charge < -0.3 is 10.1 Å². The Labute approximate surface area is 166 Å². The first-order valence-electron chi connectivity index (χ1n) is 8.27. The fourth-order valence-corrected chi connectivity index (χ4v) is 3.89. The van der Waals surface area contributed by atoms with Gasteiger partial charge in [0, 0.05) is 28.1 Å². The van der Waals surface area contributed by atoms with Crippen LogP contribution in [0.3, 0.4) is 0 Å². The Morgan fingerprint density at radius 2 is 2.15 bits per heavy atom. The summed E-state index contributed by atoms with van der Waals surface area (Å²) in [4.78, 5) is 13.5. The summed E-state index contributed by atoms with van der Waals surface area (Å²) in [7, 11) is 1.61. The van der Waals surface area contributed by atoms with Crippen molar-refractivity contribution >= 4 is 34.7 Å². The van der Waals surface area contributed by atoms with Gasteiger partial charge >= 0.3 is 0 Å². The minimum atomic E-state index is -0.105. The summed E-state index contributed by atoms with van der Waals surface area (Å²) < 4.78 is 7.09. The standard InChI is InChI=1S/C19H20N4O2S2/c1-4-9-23-18(14-10-13(2)26-11-14)21-22-19(23)27-12-17(24)20-15-5-7-16(25-3)8-6-15/h4-8,10-11H,1,9,12H2,2-3H3,(H,20,24). The number of nitrogens with zero attached hydrogens (tertiary/aromatic N) is 3. The van der Waals surface area contributed by atoms with Crippen molar-refractivity contribution in [3.05, 3.63) is 53.2 Å². The van der Waals surface area contributed by atoms with Crippen LogP contribution in [0.2, 0.25) is 0 Å². The highest BCUT2D eigenvalue weighted by molar-refractivity contribution is 7.99. The minimum absolute atomic E-state index is 0.105. The number of rotatable bonds is 8. The zero-order valence-corrected chi connectivity index (χ0v) is 16.8. The van der Waals surface area contributed by atoms with Crippen LogP contribution in [0, 0.1) is 6.92 Å². The molecule has 0 fully saturated rings. The molecule has 6 nitrogen and oxygen atoms in total. The number of thioether (sulfide) groups is 1. The topological polar surface area (TPSA) is 69.0 Å². The third kappa shape index (κ3) is 4.78. The molecule has 0 aliphatic heterocycles. The average molecular weight is 401 g/mol. The number of ether oxygens (including phenoxy) is 1. The molecule has 2 heterocycles. The molecular formula is C19H20N4O2S2. The van der Waals surface area contributed by atoms with E-state index in [-0.39, 0.29) is 11.7 Å². The van der Waals surface area contributed by atoms with E-state index in [0.29, 0.717) is 11.7 Å². The first-order chi connectivity index (χ1) is 13.1. The van der Waals surface area contributed by atoms with Crippen molar-refractivity contribution in [2.75, 3.05) is 18.2 Å². The maximum atomic E-state index is 12.3. The molecule has 1 aromatic carbocycles. The van der Waals surface area contributed by atoms with Gasteiger partial charge in [-0.1, -0.05) is 17.8 Å². The highest BCUT2D eigenvalue weighted by Gasteiger charge is 2.15. The Kier molecular flexibility index (Phi) is 6.31.